The fourth-order valence-corrected chi connectivity index (χ4v) is 2.75. The molecule has 0 spiro atoms. The normalized spacial score (nSPS) is 19.9. The molecule has 0 aromatic heterocycles. The van der Waals surface area contributed by atoms with Crippen LogP contribution in [0.3, 0.4) is 0 Å². The summed E-state index contributed by atoms with van der Waals surface area (Å²) in [5, 5.41) is 3.52. The van der Waals surface area contributed by atoms with Crippen molar-refractivity contribution in [1.29, 1.82) is 0 Å². The summed E-state index contributed by atoms with van der Waals surface area (Å²) in [5.74, 6) is 0. The van der Waals surface area contributed by atoms with Crippen molar-refractivity contribution in [2.75, 3.05) is 18.0 Å². The second kappa shape index (κ2) is 5.82. The fourth-order valence-electron chi connectivity index (χ4n) is 2.52. The van der Waals surface area contributed by atoms with Gasteiger partial charge in [-0.3, -0.25) is 0 Å². The number of hydrogen-bond donors (Lipinski definition) is 1. The maximum Gasteiger partial charge on any atom is 0.416 e. The van der Waals surface area contributed by atoms with Crippen LogP contribution in [0.5, 0.6) is 0 Å². The maximum atomic E-state index is 12.8. The molecule has 20 heavy (non-hydrogen) atoms. The molecule has 1 aliphatic heterocycles. The Hall–Kier alpha value is -0.940. The van der Waals surface area contributed by atoms with Crippen LogP contribution in [-0.2, 0) is 6.18 Å². The second-order valence-electron chi connectivity index (χ2n) is 5.45. The van der Waals surface area contributed by atoms with Gasteiger partial charge < -0.3 is 10.2 Å². The first kappa shape index (κ1) is 15.4. The Morgan fingerprint density at radius 2 is 2.00 bits per heavy atom. The molecule has 1 aromatic rings. The van der Waals surface area contributed by atoms with E-state index in [1.807, 2.05) is 4.90 Å². The SMILES string of the molecule is CC(C)NC1CCN(c2cc(Cl)cc(C(F)(F)F)c2)C1. The summed E-state index contributed by atoms with van der Waals surface area (Å²) in [6, 6.07) is 4.40. The third kappa shape index (κ3) is 3.79. The van der Waals surface area contributed by atoms with Gasteiger partial charge in [0.2, 0.25) is 0 Å². The van der Waals surface area contributed by atoms with Crippen LogP contribution >= 0.6 is 11.6 Å². The Balaban J connectivity index is 2.16. The van der Waals surface area contributed by atoms with Gasteiger partial charge in [-0.05, 0) is 24.6 Å². The van der Waals surface area contributed by atoms with Gasteiger partial charge in [-0.15, -0.1) is 0 Å². The van der Waals surface area contributed by atoms with Crippen molar-refractivity contribution in [2.45, 2.75) is 38.5 Å². The van der Waals surface area contributed by atoms with Crippen molar-refractivity contribution in [3.63, 3.8) is 0 Å². The highest BCUT2D eigenvalue weighted by molar-refractivity contribution is 6.30. The molecular formula is C14H18ClF3N2. The van der Waals surface area contributed by atoms with E-state index in [0.29, 0.717) is 24.3 Å². The molecule has 1 aliphatic rings. The number of benzene rings is 1. The van der Waals surface area contributed by atoms with Gasteiger partial charge in [0.25, 0.3) is 0 Å². The molecule has 1 aromatic carbocycles. The first-order valence-corrected chi connectivity index (χ1v) is 7.02. The lowest BCUT2D eigenvalue weighted by atomic mass is 10.2. The quantitative estimate of drug-likeness (QED) is 0.910. The Morgan fingerprint density at radius 3 is 2.60 bits per heavy atom. The molecule has 0 aliphatic carbocycles. The van der Waals surface area contributed by atoms with Crippen molar-refractivity contribution in [1.82, 2.24) is 5.32 Å². The molecule has 0 amide bonds. The van der Waals surface area contributed by atoms with Crippen molar-refractivity contribution in [3.05, 3.63) is 28.8 Å². The van der Waals surface area contributed by atoms with E-state index in [4.69, 9.17) is 11.6 Å². The van der Waals surface area contributed by atoms with E-state index >= 15 is 0 Å². The van der Waals surface area contributed by atoms with Gasteiger partial charge in [0.15, 0.2) is 0 Å². The van der Waals surface area contributed by atoms with E-state index < -0.39 is 11.7 Å². The average molecular weight is 307 g/mol. The topological polar surface area (TPSA) is 15.3 Å². The zero-order valence-electron chi connectivity index (χ0n) is 11.5. The minimum atomic E-state index is -4.37. The van der Waals surface area contributed by atoms with E-state index in [0.717, 1.165) is 19.0 Å². The van der Waals surface area contributed by atoms with Gasteiger partial charge in [0.05, 0.1) is 5.56 Å². The summed E-state index contributed by atoms with van der Waals surface area (Å²) in [4.78, 5) is 1.95. The molecule has 6 heteroatoms. The van der Waals surface area contributed by atoms with Crippen LogP contribution in [0, 0.1) is 0 Å². The molecule has 1 heterocycles. The van der Waals surface area contributed by atoms with E-state index in [1.54, 1.807) is 6.07 Å². The molecule has 2 rings (SSSR count). The predicted molar refractivity (Wildman–Crippen MR) is 75.3 cm³/mol. The summed E-state index contributed by atoms with van der Waals surface area (Å²) in [5.41, 5.74) is -0.154. The summed E-state index contributed by atoms with van der Waals surface area (Å²) in [7, 11) is 0. The van der Waals surface area contributed by atoms with Crippen LogP contribution in [-0.4, -0.2) is 25.2 Å². The molecule has 1 unspecified atom stereocenters. The third-order valence-corrected chi connectivity index (χ3v) is 3.55. The average Bonchev–Trinajstić information content (AvgIpc) is 2.74. The highest BCUT2D eigenvalue weighted by Crippen LogP contribution is 2.35. The largest absolute Gasteiger partial charge is 0.416 e. The summed E-state index contributed by atoms with van der Waals surface area (Å²) >= 11 is 5.81. The van der Waals surface area contributed by atoms with Crippen LogP contribution in [0.1, 0.15) is 25.8 Å². The second-order valence-corrected chi connectivity index (χ2v) is 5.89. The molecular weight excluding hydrogens is 289 g/mol. The molecule has 0 saturated carbocycles. The molecule has 0 bridgehead atoms. The summed E-state index contributed by atoms with van der Waals surface area (Å²) < 4.78 is 38.4. The smallest absolute Gasteiger partial charge is 0.370 e. The third-order valence-electron chi connectivity index (χ3n) is 3.33. The zero-order valence-corrected chi connectivity index (χ0v) is 12.2. The monoisotopic (exact) mass is 306 g/mol. The first-order valence-electron chi connectivity index (χ1n) is 6.64. The van der Waals surface area contributed by atoms with E-state index in [9.17, 15) is 13.2 Å². The van der Waals surface area contributed by atoms with Crippen LogP contribution in [0.2, 0.25) is 5.02 Å². The number of rotatable bonds is 3. The predicted octanol–water partition coefficient (Wildman–Crippen LogP) is 3.94. The molecule has 2 nitrogen and oxygen atoms in total. The minimum absolute atomic E-state index is 0.120. The van der Waals surface area contributed by atoms with Crippen molar-refractivity contribution in [2.24, 2.45) is 0 Å². The van der Waals surface area contributed by atoms with E-state index in [1.165, 1.54) is 6.07 Å². The Labute approximate surface area is 121 Å². The van der Waals surface area contributed by atoms with E-state index in [-0.39, 0.29) is 5.02 Å². The molecule has 112 valence electrons. The van der Waals surface area contributed by atoms with Crippen LogP contribution in [0.4, 0.5) is 18.9 Å². The molecule has 1 fully saturated rings. The highest BCUT2D eigenvalue weighted by atomic mass is 35.5. The van der Waals surface area contributed by atoms with Gasteiger partial charge in [0, 0.05) is 35.9 Å². The molecule has 1 saturated heterocycles. The number of hydrogen-bond acceptors (Lipinski definition) is 2. The first-order chi connectivity index (χ1) is 9.25. The van der Waals surface area contributed by atoms with Gasteiger partial charge in [0.1, 0.15) is 0 Å². The number of alkyl halides is 3. The van der Waals surface area contributed by atoms with Gasteiger partial charge in [-0.2, -0.15) is 13.2 Å². The molecule has 0 radical (unpaired) electrons. The lowest BCUT2D eigenvalue weighted by Crippen LogP contribution is -2.37. The fraction of sp³-hybridized carbons (Fsp3) is 0.571. The number of nitrogens with one attached hydrogen (secondary N) is 1. The Morgan fingerprint density at radius 1 is 1.30 bits per heavy atom. The number of nitrogens with zero attached hydrogens (tertiary/aromatic N) is 1. The van der Waals surface area contributed by atoms with Gasteiger partial charge in [-0.1, -0.05) is 25.4 Å². The number of halogens is 4. The Bertz CT molecular complexity index is 474. The van der Waals surface area contributed by atoms with Crippen molar-refractivity contribution < 1.29 is 13.2 Å². The standard InChI is InChI=1S/C14H18ClF3N2/c1-9(2)19-12-3-4-20(8-12)13-6-10(14(16,17)18)5-11(15)7-13/h5-7,9,12,19H,3-4,8H2,1-2H3. The number of anilines is 1. The molecule has 1 atom stereocenters. The zero-order chi connectivity index (χ0) is 14.9. The van der Waals surface area contributed by atoms with Gasteiger partial charge >= 0.3 is 6.18 Å². The van der Waals surface area contributed by atoms with Gasteiger partial charge in [-0.25, -0.2) is 0 Å². The van der Waals surface area contributed by atoms with Crippen LogP contribution < -0.4 is 10.2 Å². The lowest BCUT2D eigenvalue weighted by molar-refractivity contribution is -0.137. The highest BCUT2D eigenvalue weighted by Gasteiger charge is 2.32. The van der Waals surface area contributed by atoms with E-state index in [2.05, 4.69) is 19.2 Å². The van der Waals surface area contributed by atoms with Crippen molar-refractivity contribution >= 4 is 17.3 Å². The summed E-state index contributed by atoms with van der Waals surface area (Å²) in [6.07, 6.45) is -3.44. The van der Waals surface area contributed by atoms with Crippen molar-refractivity contribution in [3.8, 4) is 0 Å². The maximum absolute atomic E-state index is 12.8. The van der Waals surface area contributed by atoms with Crippen LogP contribution in [0.15, 0.2) is 18.2 Å². The summed E-state index contributed by atoms with van der Waals surface area (Å²) in [6.45, 7) is 5.56. The van der Waals surface area contributed by atoms with Crippen LogP contribution in [0.25, 0.3) is 0 Å². The molecule has 1 N–H and O–H groups in total. The minimum Gasteiger partial charge on any atom is -0.370 e. The Kier molecular flexibility index (Phi) is 4.49. The lowest BCUT2D eigenvalue weighted by Gasteiger charge is -2.21.